The molecule has 1 rings (SSSR count). The molecule has 0 aliphatic carbocycles. The van der Waals surface area contributed by atoms with Crippen LogP contribution in [0.3, 0.4) is 0 Å². The van der Waals surface area contributed by atoms with Crippen molar-refractivity contribution in [2.24, 2.45) is 0 Å². The molecule has 1 atom stereocenters. The number of hydrogen-bond acceptors (Lipinski definition) is 4. The molecule has 0 saturated heterocycles. The first-order chi connectivity index (χ1) is 8.92. The third-order valence-corrected chi connectivity index (χ3v) is 3.46. The topological polar surface area (TPSA) is 50.4 Å². The molecule has 19 heavy (non-hydrogen) atoms. The van der Waals surface area contributed by atoms with Gasteiger partial charge < -0.3 is 15.4 Å². The molecule has 108 valence electrons. The average Bonchev–Trinajstić information content (AvgIpc) is 2.80. The fourth-order valence-corrected chi connectivity index (χ4v) is 2.55. The molecule has 0 saturated carbocycles. The van der Waals surface area contributed by atoms with Gasteiger partial charge in [0.25, 0.3) is 0 Å². The maximum absolute atomic E-state index is 11.4. The second-order valence-corrected chi connectivity index (χ2v) is 6.34. The second-order valence-electron chi connectivity index (χ2n) is 5.36. The maximum Gasteiger partial charge on any atom is 0.407 e. The first-order valence-corrected chi connectivity index (χ1v) is 7.54. The summed E-state index contributed by atoms with van der Waals surface area (Å²) < 4.78 is 5.17. The number of carbonyl (C=O) groups excluding carboxylic acids is 1. The van der Waals surface area contributed by atoms with Gasteiger partial charge in [0.15, 0.2) is 0 Å². The first kappa shape index (κ1) is 16.0. The Labute approximate surface area is 119 Å². The van der Waals surface area contributed by atoms with E-state index in [1.165, 1.54) is 4.88 Å². The molecule has 0 bridgehead atoms. The van der Waals surface area contributed by atoms with E-state index >= 15 is 0 Å². The SMILES string of the molecule is CCC(NCCNC(=O)OC(C)(C)C)c1cccs1. The molecule has 0 spiro atoms. The van der Waals surface area contributed by atoms with Gasteiger partial charge in [-0.1, -0.05) is 13.0 Å². The molecule has 0 radical (unpaired) electrons. The van der Waals surface area contributed by atoms with Crippen LogP contribution in [-0.2, 0) is 4.74 Å². The van der Waals surface area contributed by atoms with Crippen molar-refractivity contribution < 1.29 is 9.53 Å². The van der Waals surface area contributed by atoms with E-state index in [1.54, 1.807) is 11.3 Å². The monoisotopic (exact) mass is 284 g/mol. The Balaban J connectivity index is 2.21. The number of thiophene rings is 1. The lowest BCUT2D eigenvalue weighted by Gasteiger charge is -2.20. The van der Waals surface area contributed by atoms with Crippen molar-refractivity contribution in [3.8, 4) is 0 Å². The first-order valence-electron chi connectivity index (χ1n) is 6.66. The van der Waals surface area contributed by atoms with Crippen molar-refractivity contribution in [1.29, 1.82) is 0 Å². The minimum atomic E-state index is -0.444. The van der Waals surface area contributed by atoms with Crippen molar-refractivity contribution in [2.45, 2.75) is 45.8 Å². The fraction of sp³-hybridized carbons (Fsp3) is 0.643. The molecule has 1 heterocycles. The smallest absolute Gasteiger partial charge is 0.407 e. The van der Waals surface area contributed by atoms with E-state index in [0.29, 0.717) is 12.6 Å². The van der Waals surface area contributed by atoms with Crippen LogP contribution < -0.4 is 10.6 Å². The standard InChI is InChI=1S/C14H24N2O2S/c1-5-11(12-7-6-10-19-12)15-8-9-16-13(17)18-14(2,3)4/h6-7,10-11,15H,5,8-9H2,1-4H3,(H,16,17). The van der Waals surface area contributed by atoms with Crippen molar-refractivity contribution in [3.63, 3.8) is 0 Å². The van der Waals surface area contributed by atoms with Gasteiger partial charge in [0.05, 0.1) is 0 Å². The fourth-order valence-electron chi connectivity index (χ4n) is 1.66. The van der Waals surface area contributed by atoms with Gasteiger partial charge in [0, 0.05) is 24.0 Å². The van der Waals surface area contributed by atoms with Gasteiger partial charge in [0.1, 0.15) is 5.60 Å². The molecule has 0 aromatic carbocycles. The van der Waals surface area contributed by atoms with Gasteiger partial charge in [-0.25, -0.2) is 4.79 Å². The van der Waals surface area contributed by atoms with Crippen LogP contribution in [0.25, 0.3) is 0 Å². The molecule has 1 amide bonds. The summed E-state index contributed by atoms with van der Waals surface area (Å²) >= 11 is 1.75. The summed E-state index contributed by atoms with van der Waals surface area (Å²) in [7, 11) is 0. The summed E-state index contributed by atoms with van der Waals surface area (Å²) in [6.07, 6.45) is 0.672. The third kappa shape index (κ3) is 6.59. The molecule has 4 nitrogen and oxygen atoms in total. The minimum absolute atomic E-state index is 0.362. The molecule has 0 fully saturated rings. The van der Waals surface area contributed by atoms with E-state index in [-0.39, 0.29) is 6.09 Å². The summed E-state index contributed by atoms with van der Waals surface area (Å²) in [6, 6.07) is 4.55. The Kier molecular flexibility index (Phi) is 6.31. The third-order valence-electron chi connectivity index (χ3n) is 2.48. The lowest BCUT2D eigenvalue weighted by molar-refractivity contribution is 0.0528. The molecular formula is C14H24N2O2S. The Morgan fingerprint density at radius 2 is 2.16 bits per heavy atom. The number of hydrogen-bond donors (Lipinski definition) is 2. The van der Waals surface area contributed by atoms with Crippen LogP contribution in [0.1, 0.15) is 45.0 Å². The largest absolute Gasteiger partial charge is 0.444 e. The molecule has 0 aliphatic rings. The molecule has 1 unspecified atom stereocenters. The number of nitrogens with one attached hydrogen (secondary N) is 2. The van der Waals surface area contributed by atoms with E-state index in [4.69, 9.17) is 4.74 Å². The summed E-state index contributed by atoms with van der Waals surface area (Å²) in [5, 5.41) is 8.26. The van der Waals surface area contributed by atoms with Crippen LogP contribution in [0.15, 0.2) is 17.5 Å². The molecule has 5 heteroatoms. The normalized spacial score (nSPS) is 13.1. The molecular weight excluding hydrogens is 260 g/mol. The van der Waals surface area contributed by atoms with Crippen molar-refractivity contribution in [3.05, 3.63) is 22.4 Å². The van der Waals surface area contributed by atoms with Gasteiger partial charge >= 0.3 is 6.09 Å². The van der Waals surface area contributed by atoms with Gasteiger partial charge in [-0.15, -0.1) is 11.3 Å². The average molecular weight is 284 g/mol. The highest BCUT2D eigenvalue weighted by molar-refractivity contribution is 7.10. The second kappa shape index (κ2) is 7.50. The van der Waals surface area contributed by atoms with E-state index in [1.807, 2.05) is 20.8 Å². The van der Waals surface area contributed by atoms with Crippen LogP contribution >= 0.6 is 11.3 Å². The van der Waals surface area contributed by atoms with E-state index < -0.39 is 5.60 Å². The maximum atomic E-state index is 11.4. The number of carbonyl (C=O) groups is 1. The van der Waals surface area contributed by atoms with Crippen molar-refractivity contribution in [1.82, 2.24) is 10.6 Å². The summed E-state index contributed by atoms with van der Waals surface area (Å²) in [5.74, 6) is 0. The van der Waals surface area contributed by atoms with Crippen LogP contribution in [0.5, 0.6) is 0 Å². The summed E-state index contributed by atoms with van der Waals surface area (Å²) in [4.78, 5) is 12.8. The Morgan fingerprint density at radius 1 is 1.42 bits per heavy atom. The van der Waals surface area contributed by atoms with Crippen LogP contribution in [-0.4, -0.2) is 24.8 Å². The zero-order valence-electron chi connectivity index (χ0n) is 12.2. The van der Waals surface area contributed by atoms with Crippen molar-refractivity contribution in [2.75, 3.05) is 13.1 Å². The van der Waals surface area contributed by atoms with Crippen LogP contribution in [0.4, 0.5) is 4.79 Å². The zero-order chi connectivity index (χ0) is 14.3. The molecule has 1 aromatic rings. The van der Waals surface area contributed by atoms with Crippen LogP contribution in [0.2, 0.25) is 0 Å². The van der Waals surface area contributed by atoms with Gasteiger partial charge in [0.2, 0.25) is 0 Å². The minimum Gasteiger partial charge on any atom is -0.444 e. The highest BCUT2D eigenvalue weighted by Crippen LogP contribution is 2.21. The van der Waals surface area contributed by atoms with Crippen LogP contribution in [0, 0.1) is 0 Å². The number of amides is 1. The van der Waals surface area contributed by atoms with Crippen molar-refractivity contribution >= 4 is 17.4 Å². The number of rotatable bonds is 6. The van der Waals surface area contributed by atoms with Gasteiger partial charge in [-0.2, -0.15) is 0 Å². The predicted molar refractivity (Wildman–Crippen MR) is 79.6 cm³/mol. The van der Waals surface area contributed by atoms with Gasteiger partial charge in [-0.05, 0) is 38.6 Å². The Morgan fingerprint density at radius 3 is 2.68 bits per heavy atom. The quantitative estimate of drug-likeness (QED) is 0.788. The molecule has 2 N–H and O–H groups in total. The van der Waals surface area contributed by atoms with E-state index in [0.717, 1.165) is 13.0 Å². The molecule has 0 aliphatic heterocycles. The summed E-state index contributed by atoms with van der Waals surface area (Å²) in [6.45, 7) is 9.02. The highest BCUT2D eigenvalue weighted by atomic mass is 32.1. The molecule has 1 aromatic heterocycles. The summed E-state index contributed by atoms with van der Waals surface area (Å²) in [5.41, 5.74) is -0.444. The van der Waals surface area contributed by atoms with E-state index in [9.17, 15) is 4.79 Å². The number of alkyl carbamates (subject to hydrolysis) is 1. The number of ether oxygens (including phenoxy) is 1. The zero-order valence-corrected chi connectivity index (χ0v) is 13.0. The van der Waals surface area contributed by atoms with E-state index in [2.05, 4.69) is 35.1 Å². The predicted octanol–water partition coefficient (Wildman–Crippen LogP) is 3.31. The highest BCUT2D eigenvalue weighted by Gasteiger charge is 2.15. The Bertz CT molecular complexity index is 371. The Hall–Kier alpha value is -1.07. The lowest BCUT2D eigenvalue weighted by Crippen LogP contribution is -2.37. The van der Waals surface area contributed by atoms with Gasteiger partial charge in [-0.3, -0.25) is 0 Å². The lowest BCUT2D eigenvalue weighted by atomic mass is 10.2.